The van der Waals surface area contributed by atoms with E-state index in [0.717, 1.165) is 13.1 Å². The SMILES string of the molecule is Cc1nnc(NC(=O)CN(C)CC2CNCCO2)o1. The van der Waals surface area contributed by atoms with Gasteiger partial charge >= 0.3 is 6.01 Å². The number of hydrogen-bond acceptors (Lipinski definition) is 7. The fraction of sp³-hybridized carbons (Fsp3) is 0.727. The zero-order valence-electron chi connectivity index (χ0n) is 11.2. The molecule has 1 unspecified atom stereocenters. The molecule has 1 fully saturated rings. The van der Waals surface area contributed by atoms with E-state index >= 15 is 0 Å². The van der Waals surface area contributed by atoms with E-state index in [4.69, 9.17) is 9.15 Å². The van der Waals surface area contributed by atoms with Gasteiger partial charge in [-0.25, -0.2) is 0 Å². The van der Waals surface area contributed by atoms with E-state index in [-0.39, 0.29) is 24.6 Å². The van der Waals surface area contributed by atoms with Crippen molar-refractivity contribution in [2.24, 2.45) is 0 Å². The van der Waals surface area contributed by atoms with Crippen molar-refractivity contribution in [1.82, 2.24) is 20.4 Å². The fourth-order valence-electron chi connectivity index (χ4n) is 1.90. The van der Waals surface area contributed by atoms with Crippen LogP contribution in [0.25, 0.3) is 0 Å². The molecule has 0 radical (unpaired) electrons. The van der Waals surface area contributed by atoms with E-state index in [9.17, 15) is 4.79 Å². The van der Waals surface area contributed by atoms with Crippen molar-refractivity contribution < 1.29 is 13.9 Å². The second-order valence-electron chi connectivity index (χ2n) is 4.57. The van der Waals surface area contributed by atoms with Gasteiger partial charge in [0.1, 0.15) is 0 Å². The first-order valence-electron chi connectivity index (χ1n) is 6.24. The smallest absolute Gasteiger partial charge is 0.322 e. The number of aryl methyl sites for hydroxylation is 1. The minimum atomic E-state index is -0.185. The lowest BCUT2D eigenvalue weighted by molar-refractivity contribution is -0.117. The van der Waals surface area contributed by atoms with Gasteiger partial charge in [0, 0.05) is 26.6 Å². The summed E-state index contributed by atoms with van der Waals surface area (Å²) in [4.78, 5) is 13.6. The lowest BCUT2D eigenvalue weighted by Gasteiger charge is -2.27. The number of nitrogens with one attached hydrogen (secondary N) is 2. The Bertz CT molecular complexity index is 416. The number of rotatable bonds is 5. The highest BCUT2D eigenvalue weighted by atomic mass is 16.5. The van der Waals surface area contributed by atoms with Crippen LogP contribution in [0.5, 0.6) is 0 Å². The minimum absolute atomic E-state index is 0.122. The first-order chi connectivity index (χ1) is 9.13. The number of likely N-dealkylation sites (N-methyl/N-ethyl adjacent to an activating group) is 1. The minimum Gasteiger partial charge on any atom is -0.408 e. The topological polar surface area (TPSA) is 92.5 Å². The Balaban J connectivity index is 1.71. The molecule has 2 heterocycles. The van der Waals surface area contributed by atoms with Gasteiger partial charge in [-0.2, -0.15) is 0 Å². The summed E-state index contributed by atoms with van der Waals surface area (Å²) in [6, 6.07) is 0.131. The molecule has 0 aromatic carbocycles. The van der Waals surface area contributed by atoms with Crippen molar-refractivity contribution in [2.75, 3.05) is 45.2 Å². The van der Waals surface area contributed by atoms with Crippen molar-refractivity contribution in [3.63, 3.8) is 0 Å². The Morgan fingerprint density at radius 3 is 3.05 bits per heavy atom. The zero-order chi connectivity index (χ0) is 13.7. The van der Waals surface area contributed by atoms with Crippen LogP contribution in [0.15, 0.2) is 4.42 Å². The molecule has 8 heteroatoms. The van der Waals surface area contributed by atoms with Gasteiger partial charge in [-0.3, -0.25) is 15.0 Å². The van der Waals surface area contributed by atoms with Gasteiger partial charge in [0.05, 0.1) is 19.3 Å². The van der Waals surface area contributed by atoms with Gasteiger partial charge in [0.2, 0.25) is 11.8 Å². The predicted molar refractivity (Wildman–Crippen MR) is 67.8 cm³/mol. The Morgan fingerprint density at radius 1 is 1.58 bits per heavy atom. The molecule has 1 aromatic rings. The molecule has 1 amide bonds. The zero-order valence-corrected chi connectivity index (χ0v) is 11.2. The van der Waals surface area contributed by atoms with Crippen LogP contribution < -0.4 is 10.6 Å². The molecule has 0 spiro atoms. The van der Waals surface area contributed by atoms with Crippen molar-refractivity contribution >= 4 is 11.9 Å². The standard InChI is InChI=1S/C11H19N5O3/c1-8-14-15-11(19-8)13-10(17)7-16(2)6-9-5-12-3-4-18-9/h9,12H,3-7H2,1-2H3,(H,13,15,17). The summed E-state index contributed by atoms with van der Waals surface area (Å²) >= 11 is 0. The number of hydrogen-bond donors (Lipinski definition) is 2. The first kappa shape index (κ1) is 13.9. The molecule has 1 aliphatic heterocycles. The molecule has 0 bridgehead atoms. The second-order valence-corrected chi connectivity index (χ2v) is 4.57. The Hall–Kier alpha value is -1.51. The van der Waals surface area contributed by atoms with Gasteiger partial charge in [-0.05, 0) is 7.05 Å². The van der Waals surface area contributed by atoms with Crippen LogP contribution in [-0.2, 0) is 9.53 Å². The summed E-state index contributed by atoms with van der Waals surface area (Å²) in [5.74, 6) is 0.236. The van der Waals surface area contributed by atoms with Crippen LogP contribution in [0.4, 0.5) is 6.01 Å². The molecular weight excluding hydrogens is 250 g/mol. The summed E-state index contributed by atoms with van der Waals surface area (Å²) in [5.41, 5.74) is 0. The highest BCUT2D eigenvalue weighted by Gasteiger charge is 2.17. The van der Waals surface area contributed by atoms with Crippen LogP contribution in [0.2, 0.25) is 0 Å². The van der Waals surface area contributed by atoms with E-state index in [1.54, 1.807) is 6.92 Å². The van der Waals surface area contributed by atoms with Crippen molar-refractivity contribution in [3.05, 3.63) is 5.89 Å². The summed E-state index contributed by atoms with van der Waals surface area (Å²) in [6.45, 7) is 5.03. The van der Waals surface area contributed by atoms with Crippen molar-refractivity contribution in [3.8, 4) is 0 Å². The molecule has 8 nitrogen and oxygen atoms in total. The number of carbonyl (C=O) groups is 1. The van der Waals surface area contributed by atoms with E-state index < -0.39 is 0 Å². The van der Waals surface area contributed by atoms with E-state index in [0.29, 0.717) is 19.0 Å². The van der Waals surface area contributed by atoms with E-state index in [2.05, 4.69) is 20.8 Å². The highest BCUT2D eigenvalue weighted by Crippen LogP contribution is 2.04. The van der Waals surface area contributed by atoms with Gasteiger partial charge in [0.15, 0.2) is 0 Å². The average Bonchev–Trinajstić information content (AvgIpc) is 2.75. The average molecular weight is 269 g/mol. The predicted octanol–water partition coefficient (Wildman–Crippen LogP) is -0.763. The first-order valence-corrected chi connectivity index (χ1v) is 6.24. The van der Waals surface area contributed by atoms with Crippen LogP contribution in [0, 0.1) is 6.92 Å². The third kappa shape index (κ3) is 4.58. The molecule has 2 N–H and O–H groups in total. The van der Waals surface area contributed by atoms with Gasteiger partial charge < -0.3 is 14.5 Å². The number of amides is 1. The molecule has 19 heavy (non-hydrogen) atoms. The van der Waals surface area contributed by atoms with Crippen LogP contribution in [-0.4, -0.2) is 66.9 Å². The number of anilines is 1. The molecular formula is C11H19N5O3. The van der Waals surface area contributed by atoms with Crippen LogP contribution in [0.1, 0.15) is 5.89 Å². The molecule has 1 atom stereocenters. The summed E-state index contributed by atoms with van der Waals surface area (Å²) < 4.78 is 10.7. The maximum atomic E-state index is 11.7. The normalized spacial score (nSPS) is 19.6. The van der Waals surface area contributed by atoms with Gasteiger partial charge in [0.25, 0.3) is 0 Å². The maximum Gasteiger partial charge on any atom is 0.322 e. The van der Waals surface area contributed by atoms with Crippen LogP contribution in [0.3, 0.4) is 0 Å². The second kappa shape index (κ2) is 6.60. The Morgan fingerprint density at radius 2 is 2.42 bits per heavy atom. The van der Waals surface area contributed by atoms with Gasteiger partial charge in [-0.1, -0.05) is 5.10 Å². The maximum absolute atomic E-state index is 11.7. The molecule has 1 saturated heterocycles. The summed E-state index contributed by atoms with van der Waals surface area (Å²) in [5, 5.41) is 13.2. The van der Waals surface area contributed by atoms with Crippen LogP contribution >= 0.6 is 0 Å². The number of morpholine rings is 1. The van der Waals surface area contributed by atoms with E-state index in [1.165, 1.54) is 0 Å². The number of carbonyl (C=O) groups excluding carboxylic acids is 1. The Labute approximate surface area is 111 Å². The van der Waals surface area contributed by atoms with Gasteiger partial charge in [-0.15, -0.1) is 5.10 Å². The molecule has 1 aromatic heterocycles. The lowest BCUT2D eigenvalue weighted by atomic mass is 10.3. The lowest BCUT2D eigenvalue weighted by Crippen LogP contribution is -2.45. The Kier molecular flexibility index (Phi) is 4.83. The molecule has 1 aliphatic rings. The summed E-state index contributed by atoms with van der Waals surface area (Å²) in [7, 11) is 1.87. The fourth-order valence-corrected chi connectivity index (χ4v) is 1.90. The number of aromatic nitrogens is 2. The molecule has 106 valence electrons. The molecule has 0 aliphatic carbocycles. The quantitative estimate of drug-likeness (QED) is 0.725. The largest absolute Gasteiger partial charge is 0.408 e. The van der Waals surface area contributed by atoms with Crippen molar-refractivity contribution in [2.45, 2.75) is 13.0 Å². The molecule has 2 rings (SSSR count). The molecule has 0 saturated carbocycles. The third-order valence-electron chi connectivity index (χ3n) is 2.71. The van der Waals surface area contributed by atoms with Crippen molar-refractivity contribution in [1.29, 1.82) is 0 Å². The number of ether oxygens (including phenoxy) is 1. The highest BCUT2D eigenvalue weighted by molar-refractivity contribution is 5.90. The van der Waals surface area contributed by atoms with E-state index in [1.807, 2.05) is 11.9 Å². The third-order valence-corrected chi connectivity index (χ3v) is 2.71. The number of nitrogens with zero attached hydrogens (tertiary/aromatic N) is 3. The summed E-state index contributed by atoms with van der Waals surface area (Å²) in [6.07, 6.45) is 0.122. The monoisotopic (exact) mass is 269 g/mol.